The van der Waals surface area contributed by atoms with Gasteiger partial charge in [0.25, 0.3) is 5.91 Å². The summed E-state index contributed by atoms with van der Waals surface area (Å²) in [5.74, 6) is 1.11. The maximum atomic E-state index is 11.0. The zero-order chi connectivity index (χ0) is 9.84. The number of hydrogen-bond acceptors (Lipinski definition) is 2. The monoisotopic (exact) mass is 181 g/mol. The van der Waals surface area contributed by atoms with E-state index < -0.39 is 0 Å². The number of amides is 1. The molecular formula is C10H15NO2. The van der Waals surface area contributed by atoms with Crippen LogP contribution in [0.1, 0.15) is 20.3 Å². The van der Waals surface area contributed by atoms with E-state index in [4.69, 9.17) is 4.74 Å². The van der Waals surface area contributed by atoms with E-state index >= 15 is 0 Å². The molecule has 1 heterocycles. The van der Waals surface area contributed by atoms with E-state index in [1.807, 2.05) is 6.08 Å². The highest BCUT2D eigenvalue weighted by atomic mass is 16.5. The van der Waals surface area contributed by atoms with Crippen molar-refractivity contribution >= 4 is 5.91 Å². The zero-order valence-electron chi connectivity index (χ0n) is 8.26. The molecule has 0 aromatic carbocycles. The number of ether oxygens (including phenoxy) is 1. The number of carbonyl (C=O) groups excluding carboxylic acids is 1. The molecule has 0 aromatic rings. The molecule has 0 saturated heterocycles. The van der Waals surface area contributed by atoms with Crippen LogP contribution >= 0.6 is 0 Å². The van der Waals surface area contributed by atoms with Crippen molar-refractivity contribution in [2.45, 2.75) is 20.3 Å². The molecule has 1 aliphatic rings. The molecule has 0 unspecified atom stereocenters. The number of carbonyl (C=O) groups is 1. The Labute approximate surface area is 78.5 Å². The van der Waals surface area contributed by atoms with Crippen molar-refractivity contribution in [2.24, 2.45) is 5.92 Å². The van der Waals surface area contributed by atoms with Crippen LogP contribution < -0.4 is 5.32 Å². The average molecular weight is 181 g/mol. The normalized spacial score (nSPS) is 19.2. The third kappa shape index (κ3) is 2.61. The molecule has 13 heavy (non-hydrogen) atoms. The van der Waals surface area contributed by atoms with Crippen molar-refractivity contribution in [2.75, 3.05) is 7.11 Å². The van der Waals surface area contributed by atoms with E-state index in [0.29, 0.717) is 11.7 Å². The molecule has 0 atom stereocenters. The van der Waals surface area contributed by atoms with E-state index in [1.54, 1.807) is 7.11 Å². The third-order valence-corrected chi connectivity index (χ3v) is 1.80. The summed E-state index contributed by atoms with van der Waals surface area (Å²) in [6.07, 6.45) is 4.40. The molecular weight excluding hydrogens is 166 g/mol. The lowest BCUT2D eigenvalue weighted by Crippen LogP contribution is -2.14. The highest BCUT2D eigenvalue weighted by Crippen LogP contribution is 2.15. The average Bonchev–Trinajstić information content (AvgIpc) is 2.42. The Morgan fingerprint density at radius 2 is 2.31 bits per heavy atom. The molecule has 1 aliphatic heterocycles. The Morgan fingerprint density at radius 1 is 1.62 bits per heavy atom. The standard InChI is InChI=1S/C10H15NO2/c1-7(2)4-5-8-9(13-3)6-10(12)11-8/h5-7H,4H2,1-3H3,(H,11,12)/b8-5-. The summed E-state index contributed by atoms with van der Waals surface area (Å²) >= 11 is 0. The van der Waals surface area contributed by atoms with E-state index in [-0.39, 0.29) is 5.91 Å². The molecule has 0 aliphatic carbocycles. The smallest absolute Gasteiger partial charge is 0.252 e. The van der Waals surface area contributed by atoms with Gasteiger partial charge in [-0.15, -0.1) is 0 Å². The van der Waals surface area contributed by atoms with E-state index in [9.17, 15) is 4.79 Å². The van der Waals surface area contributed by atoms with Gasteiger partial charge in [0, 0.05) is 6.08 Å². The molecule has 1 N–H and O–H groups in total. The molecule has 72 valence electrons. The number of hydrogen-bond donors (Lipinski definition) is 1. The van der Waals surface area contributed by atoms with Gasteiger partial charge >= 0.3 is 0 Å². The second kappa shape index (κ2) is 4.12. The summed E-state index contributed by atoms with van der Waals surface area (Å²) in [6, 6.07) is 0. The molecule has 0 bridgehead atoms. The maximum absolute atomic E-state index is 11.0. The lowest BCUT2D eigenvalue weighted by Gasteiger charge is -2.04. The number of rotatable bonds is 3. The van der Waals surface area contributed by atoms with Crippen LogP contribution in [0.4, 0.5) is 0 Å². The first-order valence-electron chi connectivity index (χ1n) is 4.40. The summed E-state index contributed by atoms with van der Waals surface area (Å²) in [5, 5.41) is 2.71. The molecule has 3 nitrogen and oxygen atoms in total. The fourth-order valence-corrected chi connectivity index (χ4v) is 1.10. The lowest BCUT2D eigenvalue weighted by atomic mass is 10.1. The fraction of sp³-hybridized carbons (Fsp3) is 0.500. The van der Waals surface area contributed by atoms with Gasteiger partial charge in [0.15, 0.2) is 0 Å². The van der Waals surface area contributed by atoms with Crippen molar-refractivity contribution in [1.82, 2.24) is 5.32 Å². The number of methoxy groups -OCH3 is 1. The van der Waals surface area contributed by atoms with Gasteiger partial charge in [-0.2, -0.15) is 0 Å². The van der Waals surface area contributed by atoms with Gasteiger partial charge in [-0.1, -0.05) is 19.9 Å². The first-order chi connectivity index (χ1) is 6.13. The second-order valence-electron chi connectivity index (χ2n) is 3.45. The third-order valence-electron chi connectivity index (χ3n) is 1.80. The minimum Gasteiger partial charge on any atom is -0.494 e. The molecule has 1 rings (SSSR count). The van der Waals surface area contributed by atoms with Gasteiger partial charge in [0.2, 0.25) is 0 Å². The number of nitrogens with one attached hydrogen (secondary N) is 1. The SMILES string of the molecule is COC1=CC(=O)N/C1=C\CC(C)C. The summed E-state index contributed by atoms with van der Waals surface area (Å²) in [5.41, 5.74) is 0.793. The Balaban J connectivity index is 2.66. The Hall–Kier alpha value is -1.25. The highest BCUT2D eigenvalue weighted by molar-refractivity contribution is 5.94. The predicted molar refractivity (Wildman–Crippen MR) is 50.8 cm³/mol. The van der Waals surface area contributed by atoms with Crippen molar-refractivity contribution in [3.05, 3.63) is 23.6 Å². The van der Waals surface area contributed by atoms with Gasteiger partial charge < -0.3 is 10.1 Å². The van der Waals surface area contributed by atoms with E-state index in [0.717, 1.165) is 12.1 Å². The first-order valence-corrected chi connectivity index (χ1v) is 4.40. The highest BCUT2D eigenvalue weighted by Gasteiger charge is 2.17. The van der Waals surface area contributed by atoms with Gasteiger partial charge in [-0.3, -0.25) is 4.79 Å². The number of allylic oxidation sites excluding steroid dienone is 1. The molecule has 0 saturated carbocycles. The Morgan fingerprint density at radius 3 is 2.85 bits per heavy atom. The molecule has 1 amide bonds. The molecule has 0 radical (unpaired) electrons. The van der Waals surface area contributed by atoms with Crippen LogP contribution in [0.2, 0.25) is 0 Å². The van der Waals surface area contributed by atoms with E-state index in [2.05, 4.69) is 19.2 Å². The van der Waals surface area contributed by atoms with Crippen LogP contribution in [0.5, 0.6) is 0 Å². The van der Waals surface area contributed by atoms with Crippen molar-refractivity contribution in [3.8, 4) is 0 Å². The largest absolute Gasteiger partial charge is 0.494 e. The molecule has 0 fully saturated rings. The molecule has 0 spiro atoms. The summed E-state index contributed by atoms with van der Waals surface area (Å²) in [4.78, 5) is 11.0. The van der Waals surface area contributed by atoms with Crippen LogP contribution in [0.3, 0.4) is 0 Å². The predicted octanol–water partition coefficient (Wildman–Crippen LogP) is 1.58. The van der Waals surface area contributed by atoms with Gasteiger partial charge in [0.05, 0.1) is 12.8 Å². The molecule has 0 aromatic heterocycles. The minimum atomic E-state index is -0.105. The van der Waals surface area contributed by atoms with Gasteiger partial charge in [-0.25, -0.2) is 0 Å². The van der Waals surface area contributed by atoms with Gasteiger partial charge in [-0.05, 0) is 12.3 Å². The summed E-state index contributed by atoms with van der Waals surface area (Å²) < 4.78 is 5.04. The fourth-order valence-electron chi connectivity index (χ4n) is 1.10. The minimum absolute atomic E-state index is 0.105. The van der Waals surface area contributed by atoms with Crippen LogP contribution in [0, 0.1) is 5.92 Å². The van der Waals surface area contributed by atoms with Crippen LogP contribution in [-0.2, 0) is 9.53 Å². The first kappa shape index (κ1) is 9.84. The van der Waals surface area contributed by atoms with Crippen LogP contribution in [-0.4, -0.2) is 13.0 Å². The van der Waals surface area contributed by atoms with Crippen molar-refractivity contribution in [1.29, 1.82) is 0 Å². The van der Waals surface area contributed by atoms with Crippen LogP contribution in [0.25, 0.3) is 0 Å². The Bertz CT molecular complexity index is 264. The Kier molecular flexibility index (Phi) is 3.12. The van der Waals surface area contributed by atoms with Crippen molar-refractivity contribution in [3.63, 3.8) is 0 Å². The summed E-state index contributed by atoms with van der Waals surface area (Å²) in [6.45, 7) is 4.26. The summed E-state index contributed by atoms with van der Waals surface area (Å²) in [7, 11) is 1.56. The topological polar surface area (TPSA) is 38.3 Å². The zero-order valence-corrected chi connectivity index (χ0v) is 8.26. The maximum Gasteiger partial charge on any atom is 0.252 e. The van der Waals surface area contributed by atoms with E-state index in [1.165, 1.54) is 6.08 Å². The second-order valence-corrected chi connectivity index (χ2v) is 3.45. The quantitative estimate of drug-likeness (QED) is 0.717. The van der Waals surface area contributed by atoms with Crippen molar-refractivity contribution < 1.29 is 9.53 Å². The molecule has 3 heteroatoms. The van der Waals surface area contributed by atoms with Crippen LogP contribution in [0.15, 0.2) is 23.6 Å². The van der Waals surface area contributed by atoms with Gasteiger partial charge in [0.1, 0.15) is 5.76 Å². The lowest BCUT2D eigenvalue weighted by molar-refractivity contribution is -0.115.